The lowest BCUT2D eigenvalue weighted by molar-refractivity contribution is 0.596. The summed E-state index contributed by atoms with van der Waals surface area (Å²) in [6.45, 7) is 2.27. The number of hydrogen-bond acceptors (Lipinski definition) is 3. The Balaban J connectivity index is 1.37. The second-order valence-electron chi connectivity index (χ2n) is 11.6. The number of anilines is 1. The zero-order chi connectivity index (χ0) is 29.3. The molecule has 0 spiro atoms. The van der Waals surface area contributed by atoms with E-state index in [0.29, 0.717) is 11.1 Å². The lowest BCUT2D eigenvalue weighted by atomic mass is 9.79. The third kappa shape index (κ3) is 4.82. The van der Waals surface area contributed by atoms with Crippen LogP contribution in [0.25, 0.3) is 22.7 Å². The molecule has 7 rings (SSSR count). The van der Waals surface area contributed by atoms with Gasteiger partial charge in [0.25, 0.3) is 0 Å². The predicted molar refractivity (Wildman–Crippen MR) is 175 cm³/mol. The Kier molecular flexibility index (Phi) is 6.90. The topological polar surface area (TPSA) is 64.5 Å². The van der Waals surface area contributed by atoms with Gasteiger partial charge in [-0.3, -0.25) is 0 Å². The summed E-state index contributed by atoms with van der Waals surface area (Å²) >= 11 is 0. The maximum Gasteiger partial charge on any atom is 0.0992 e. The van der Waals surface area contributed by atoms with Crippen LogP contribution in [0.3, 0.4) is 0 Å². The molecule has 3 aromatic carbocycles. The summed E-state index contributed by atoms with van der Waals surface area (Å²) in [4.78, 5) is 0. The fourth-order valence-corrected chi connectivity index (χ4v) is 6.83. The van der Waals surface area contributed by atoms with E-state index in [0.717, 1.165) is 53.5 Å². The van der Waals surface area contributed by atoms with Crippen molar-refractivity contribution >= 4 is 22.7 Å². The summed E-state index contributed by atoms with van der Waals surface area (Å²) < 4.78 is 2.30. The fourth-order valence-electron chi connectivity index (χ4n) is 6.83. The largest absolute Gasteiger partial charge is 0.355 e. The number of nitriles is 2. The van der Waals surface area contributed by atoms with Crippen LogP contribution in [0.2, 0.25) is 0 Å². The minimum absolute atomic E-state index is 0.0739. The molecule has 43 heavy (non-hydrogen) atoms. The van der Waals surface area contributed by atoms with Crippen LogP contribution in [0, 0.1) is 28.6 Å². The molecule has 0 amide bonds. The molecule has 0 saturated carbocycles. The first-order valence-electron chi connectivity index (χ1n) is 15.1. The highest BCUT2D eigenvalue weighted by atomic mass is 15.0. The first-order valence-corrected chi connectivity index (χ1v) is 15.1. The summed E-state index contributed by atoms with van der Waals surface area (Å²) in [5.74, 6) is 0.312. The number of nitrogens with one attached hydrogen (secondary N) is 1. The predicted octanol–water partition coefficient (Wildman–Crippen LogP) is 9.46. The van der Waals surface area contributed by atoms with Crippen LogP contribution >= 0.6 is 0 Å². The SMILES string of the molecule is C[C@H]1C=Cc2c(n(-c3cccc(C#N)c3)c3ccc(C#N)cc23)C1c1cccc(NC2=C(C3=CCCC=C3)CCC=C2)c1. The average molecular weight is 557 g/mol. The number of rotatable bonds is 5. The lowest BCUT2D eigenvalue weighted by Gasteiger charge is -2.29. The van der Waals surface area contributed by atoms with E-state index in [9.17, 15) is 10.5 Å². The summed E-state index contributed by atoms with van der Waals surface area (Å²) in [7, 11) is 0. The van der Waals surface area contributed by atoms with E-state index in [2.05, 4.69) is 102 Å². The summed E-state index contributed by atoms with van der Waals surface area (Å²) in [6, 6.07) is 27.1. The van der Waals surface area contributed by atoms with Crippen molar-refractivity contribution in [2.75, 3.05) is 5.32 Å². The van der Waals surface area contributed by atoms with Crippen molar-refractivity contribution in [2.45, 2.75) is 38.5 Å². The maximum atomic E-state index is 9.70. The second kappa shape index (κ2) is 11.2. The highest BCUT2D eigenvalue weighted by Gasteiger charge is 2.32. The lowest BCUT2D eigenvalue weighted by Crippen LogP contribution is -2.18. The van der Waals surface area contributed by atoms with Gasteiger partial charge >= 0.3 is 0 Å². The Morgan fingerprint density at radius 1 is 0.837 bits per heavy atom. The van der Waals surface area contributed by atoms with Gasteiger partial charge in [-0.15, -0.1) is 0 Å². The smallest absolute Gasteiger partial charge is 0.0992 e. The van der Waals surface area contributed by atoms with E-state index in [4.69, 9.17) is 0 Å². The van der Waals surface area contributed by atoms with Gasteiger partial charge in [0, 0.05) is 39.6 Å². The Labute approximate surface area is 252 Å². The molecule has 1 aromatic heterocycles. The number of allylic oxidation sites excluding steroid dienone is 8. The molecule has 1 unspecified atom stereocenters. The van der Waals surface area contributed by atoms with Crippen LogP contribution in [0.1, 0.15) is 66.5 Å². The average Bonchev–Trinajstić information content (AvgIpc) is 3.39. The zero-order valence-corrected chi connectivity index (χ0v) is 24.2. The van der Waals surface area contributed by atoms with Gasteiger partial charge in [0.2, 0.25) is 0 Å². The Hall–Kier alpha value is -5.32. The van der Waals surface area contributed by atoms with Crippen LogP contribution in [0.15, 0.2) is 120 Å². The number of hydrogen-bond donors (Lipinski definition) is 1. The minimum atomic E-state index is 0.0739. The number of fused-ring (bicyclic) bond motifs is 3. The maximum absolute atomic E-state index is 9.70. The van der Waals surface area contributed by atoms with Crippen molar-refractivity contribution in [3.63, 3.8) is 0 Å². The molecule has 0 bridgehead atoms. The molecular formula is C39H32N4. The Morgan fingerprint density at radius 2 is 1.67 bits per heavy atom. The molecule has 2 atom stereocenters. The van der Waals surface area contributed by atoms with Crippen LogP contribution in [-0.2, 0) is 0 Å². The van der Waals surface area contributed by atoms with E-state index in [1.54, 1.807) is 0 Å². The molecule has 3 aliphatic carbocycles. The van der Waals surface area contributed by atoms with E-state index in [1.807, 2.05) is 36.4 Å². The minimum Gasteiger partial charge on any atom is -0.355 e. The molecule has 0 fully saturated rings. The first-order chi connectivity index (χ1) is 21.1. The van der Waals surface area contributed by atoms with E-state index in [1.165, 1.54) is 28.1 Å². The van der Waals surface area contributed by atoms with E-state index < -0.39 is 0 Å². The van der Waals surface area contributed by atoms with Crippen LogP contribution in [0.5, 0.6) is 0 Å². The molecule has 1 heterocycles. The van der Waals surface area contributed by atoms with E-state index >= 15 is 0 Å². The third-order valence-corrected chi connectivity index (χ3v) is 8.83. The van der Waals surface area contributed by atoms with Gasteiger partial charge in [0.1, 0.15) is 0 Å². The molecule has 4 heteroatoms. The van der Waals surface area contributed by atoms with Gasteiger partial charge in [-0.2, -0.15) is 10.5 Å². The molecular weight excluding hydrogens is 524 g/mol. The molecule has 4 nitrogen and oxygen atoms in total. The highest BCUT2D eigenvalue weighted by molar-refractivity contribution is 5.95. The first kappa shape index (κ1) is 26.6. The van der Waals surface area contributed by atoms with Crippen molar-refractivity contribution in [3.05, 3.63) is 148 Å². The van der Waals surface area contributed by atoms with Crippen molar-refractivity contribution in [2.24, 2.45) is 5.92 Å². The van der Waals surface area contributed by atoms with Crippen molar-refractivity contribution in [3.8, 4) is 17.8 Å². The van der Waals surface area contributed by atoms with Gasteiger partial charge in [-0.05, 0) is 103 Å². The quantitative estimate of drug-likeness (QED) is 0.266. The molecule has 0 saturated heterocycles. The number of nitrogens with zero attached hydrogens (tertiary/aromatic N) is 3. The van der Waals surface area contributed by atoms with Crippen molar-refractivity contribution < 1.29 is 0 Å². The Bertz CT molecular complexity index is 2000. The van der Waals surface area contributed by atoms with Crippen molar-refractivity contribution in [1.82, 2.24) is 4.57 Å². The van der Waals surface area contributed by atoms with Gasteiger partial charge in [0.05, 0.1) is 28.8 Å². The molecule has 0 aliphatic heterocycles. The molecule has 208 valence electrons. The number of aromatic nitrogens is 1. The van der Waals surface area contributed by atoms with Gasteiger partial charge in [-0.1, -0.05) is 61.6 Å². The van der Waals surface area contributed by atoms with Gasteiger partial charge in [0.15, 0.2) is 0 Å². The Morgan fingerprint density at radius 3 is 2.51 bits per heavy atom. The van der Waals surface area contributed by atoms with Crippen LogP contribution < -0.4 is 5.32 Å². The highest BCUT2D eigenvalue weighted by Crippen LogP contribution is 2.45. The zero-order valence-electron chi connectivity index (χ0n) is 24.2. The third-order valence-electron chi connectivity index (χ3n) is 8.83. The monoisotopic (exact) mass is 556 g/mol. The summed E-state index contributed by atoms with van der Waals surface area (Å²) in [6.07, 6.45) is 20.2. The van der Waals surface area contributed by atoms with Crippen LogP contribution in [0.4, 0.5) is 5.69 Å². The molecule has 1 N–H and O–H groups in total. The summed E-state index contributed by atoms with van der Waals surface area (Å²) in [5, 5.41) is 24.2. The van der Waals surface area contributed by atoms with Gasteiger partial charge in [-0.25, -0.2) is 0 Å². The summed E-state index contributed by atoms with van der Waals surface area (Å²) in [5.41, 5.74) is 11.7. The molecule has 0 radical (unpaired) electrons. The standard InChI is InChI=1S/C39H32N4/c1-26-17-19-34-35-22-28(25-41)18-20-37(35)43(32-14-7-9-27(21-32)24-40)39(34)38(26)30-12-8-13-31(23-30)42-36-16-6-5-15-33(36)29-10-3-2-4-11-29/h3,6-14,16-23,26,38,42H,2,4-5,15H2,1H3/t26-,38?/m0/s1. The normalized spacial score (nSPS) is 19.1. The van der Waals surface area contributed by atoms with E-state index in [-0.39, 0.29) is 11.8 Å². The second-order valence-corrected chi connectivity index (χ2v) is 11.6. The van der Waals surface area contributed by atoms with Crippen molar-refractivity contribution in [1.29, 1.82) is 10.5 Å². The number of benzene rings is 3. The van der Waals surface area contributed by atoms with Crippen LogP contribution in [-0.4, -0.2) is 4.57 Å². The molecule has 3 aliphatic rings. The molecule has 4 aromatic rings. The fraction of sp³-hybridized carbons (Fsp3) is 0.179. The van der Waals surface area contributed by atoms with Gasteiger partial charge < -0.3 is 9.88 Å².